The molecular weight excluding hydrogens is 228 g/mol. The minimum atomic E-state index is -0.512. The van der Waals surface area contributed by atoms with E-state index in [9.17, 15) is 4.79 Å². The Hall–Kier alpha value is -0.470. The van der Waals surface area contributed by atoms with Crippen molar-refractivity contribution in [1.82, 2.24) is 0 Å². The molecule has 1 nitrogen and oxygen atoms in total. The van der Waals surface area contributed by atoms with E-state index in [1.54, 1.807) is 11.8 Å². The minimum absolute atomic E-state index is 0.00280. The first-order chi connectivity index (χ1) is 7.08. The zero-order valence-electron chi connectivity index (χ0n) is 9.21. The molecule has 82 valence electrons. The molecule has 0 aliphatic carbocycles. The molecule has 0 radical (unpaired) electrons. The number of carbonyl (C=O) groups excluding carboxylic acids is 1. The molecule has 15 heavy (non-hydrogen) atoms. The standard InChI is InChI=1S/C12H15ClOS/c1-4-9-5-10(12(13)8(2)14)7-11(6-9)15-3/h5-7,12H,4H2,1-3H3. The molecule has 1 unspecified atom stereocenters. The van der Waals surface area contributed by atoms with E-state index >= 15 is 0 Å². The zero-order chi connectivity index (χ0) is 11.4. The van der Waals surface area contributed by atoms with Crippen molar-refractivity contribution in [2.24, 2.45) is 0 Å². The van der Waals surface area contributed by atoms with Crippen molar-refractivity contribution in [2.45, 2.75) is 30.5 Å². The lowest BCUT2D eigenvalue weighted by molar-refractivity contribution is -0.116. The Kier molecular flexibility index (Phi) is 4.68. The molecule has 1 rings (SSSR count). The maximum atomic E-state index is 11.2. The lowest BCUT2D eigenvalue weighted by atomic mass is 10.0. The summed E-state index contributed by atoms with van der Waals surface area (Å²) in [4.78, 5) is 12.4. The molecule has 0 saturated carbocycles. The van der Waals surface area contributed by atoms with Gasteiger partial charge in [0, 0.05) is 4.90 Å². The minimum Gasteiger partial charge on any atom is -0.298 e. The summed E-state index contributed by atoms with van der Waals surface area (Å²) in [6.07, 6.45) is 2.98. The van der Waals surface area contributed by atoms with E-state index in [1.165, 1.54) is 12.5 Å². The largest absolute Gasteiger partial charge is 0.298 e. The fourth-order valence-electron chi connectivity index (χ4n) is 1.39. The highest BCUT2D eigenvalue weighted by Gasteiger charge is 2.14. The molecule has 0 fully saturated rings. The third-order valence-electron chi connectivity index (χ3n) is 2.28. The van der Waals surface area contributed by atoms with E-state index in [0.717, 1.165) is 16.9 Å². The Balaban J connectivity index is 3.11. The normalized spacial score (nSPS) is 12.5. The fourth-order valence-corrected chi connectivity index (χ4v) is 2.04. The molecule has 0 N–H and O–H groups in total. The van der Waals surface area contributed by atoms with Crippen LogP contribution in [0.3, 0.4) is 0 Å². The van der Waals surface area contributed by atoms with Gasteiger partial charge >= 0.3 is 0 Å². The van der Waals surface area contributed by atoms with Gasteiger partial charge in [-0.25, -0.2) is 0 Å². The van der Waals surface area contributed by atoms with Crippen LogP contribution in [0.15, 0.2) is 23.1 Å². The van der Waals surface area contributed by atoms with Gasteiger partial charge in [-0.3, -0.25) is 4.79 Å². The van der Waals surface area contributed by atoms with Gasteiger partial charge in [-0.2, -0.15) is 0 Å². The molecule has 0 bridgehead atoms. The summed E-state index contributed by atoms with van der Waals surface area (Å²) in [5, 5.41) is -0.512. The van der Waals surface area contributed by atoms with E-state index in [4.69, 9.17) is 11.6 Å². The molecule has 0 aliphatic rings. The number of alkyl halides is 1. The average Bonchev–Trinajstić information content (AvgIpc) is 2.27. The van der Waals surface area contributed by atoms with Crippen LogP contribution in [0, 0.1) is 0 Å². The number of benzene rings is 1. The van der Waals surface area contributed by atoms with Crippen molar-refractivity contribution in [3.63, 3.8) is 0 Å². The van der Waals surface area contributed by atoms with E-state index in [-0.39, 0.29) is 5.78 Å². The van der Waals surface area contributed by atoms with Gasteiger partial charge in [-0.1, -0.05) is 13.0 Å². The summed E-state index contributed by atoms with van der Waals surface area (Å²) >= 11 is 7.71. The van der Waals surface area contributed by atoms with Crippen molar-refractivity contribution in [1.29, 1.82) is 0 Å². The van der Waals surface area contributed by atoms with Gasteiger partial charge < -0.3 is 0 Å². The first kappa shape index (κ1) is 12.6. The van der Waals surface area contributed by atoms with E-state index in [1.807, 2.05) is 18.4 Å². The van der Waals surface area contributed by atoms with Gasteiger partial charge in [-0.05, 0) is 42.9 Å². The summed E-state index contributed by atoms with van der Waals surface area (Å²) in [7, 11) is 0. The smallest absolute Gasteiger partial charge is 0.152 e. The fraction of sp³-hybridized carbons (Fsp3) is 0.417. The van der Waals surface area contributed by atoms with Crippen LogP contribution in [0.4, 0.5) is 0 Å². The van der Waals surface area contributed by atoms with E-state index in [2.05, 4.69) is 13.0 Å². The number of thioether (sulfide) groups is 1. The third-order valence-corrected chi connectivity index (χ3v) is 3.55. The van der Waals surface area contributed by atoms with Gasteiger partial charge in [0.1, 0.15) is 5.38 Å². The highest BCUT2D eigenvalue weighted by Crippen LogP contribution is 2.27. The molecule has 0 spiro atoms. The number of halogens is 1. The molecular formula is C12H15ClOS. The lowest BCUT2D eigenvalue weighted by Crippen LogP contribution is -2.02. The first-order valence-electron chi connectivity index (χ1n) is 4.90. The highest BCUT2D eigenvalue weighted by molar-refractivity contribution is 7.98. The van der Waals surface area contributed by atoms with Crippen LogP contribution in [0.2, 0.25) is 0 Å². The Morgan fingerprint density at radius 1 is 1.47 bits per heavy atom. The van der Waals surface area contributed by atoms with Gasteiger partial charge in [0.15, 0.2) is 5.78 Å². The Morgan fingerprint density at radius 2 is 2.13 bits per heavy atom. The number of hydrogen-bond donors (Lipinski definition) is 0. The number of aryl methyl sites for hydroxylation is 1. The van der Waals surface area contributed by atoms with Gasteiger partial charge in [0.05, 0.1) is 0 Å². The van der Waals surface area contributed by atoms with Crippen LogP contribution >= 0.6 is 23.4 Å². The summed E-state index contributed by atoms with van der Waals surface area (Å²) in [6.45, 7) is 3.62. The number of rotatable bonds is 4. The quantitative estimate of drug-likeness (QED) is 0.590. The second kappa shape index (κ2) is 5.57. The second-order valence-corrected chi connectivity index (χ2v) is 4.76. The topological polar surface area (TPSA) is 17.1 Å². The summed E-state index contributed by atoms with van der Waals surface area (Å²) in [5.41, 5.74) is 2.14. The molecule has 0 aromatic heterocycles. The number of ketones is 1. The van der Waals surface area contributed by atoms with Gasteiger partial charge in [-0.15, -0.1) is 23.4 Å². The molecule has 1 atom stereocenters. The van der Waals surface area contributed by atoms with Gasteiger partial charge in [0.25, 0.3) is 0 Å². The predicted octanol–water partition coefficient (Wildman–Crippen LogP) is 3.84. The maximum Gasteiger partial charge on any atom is 0.152 e. The number of hydrogen-bond acceptors (Lipinski definition) is 2. The third kappa shape index (κ3) is 3.25. The summed E-state index contributed by atoms with van der Waals surface area (Å²) in [5.74, 6) is -0.00280. The summed E-state index contributed by atoms with van der Waals surface area (Å²) < 4.78 is 0. The molecule has 1 aromatic carbocycles. The van der Waals surface area contributed by atoms with Crippen LogP contribution in [0.5, 0.6) is 0 Å². The van der Waals surface area contributed by atoms with E-state index in [0.29, 0.717) is 0 Å². The molecule has 0 aliphatic heterocycles. The van der Waals surface area contributed by atoms with Crippen molar-refractivity contribution >= 4 is 29.1 Å². The number of Topliss-reactive ketones (excluding diaryl/α,β-unsaturated/α-hetero) is 1. The maximum absolute atomic E-state index is 11.2. The van der Waals surface area contributed by atoms with Crippen LogP contribution in [0.1, 0.15) is 30.4 Å². The SMILES string of the molecule is CCc1cc(SC)cc(C(Cl)C(C)=O)c1. The zero-order valence-corrected chi connectivity index (χ0v) is 10.8. The average molecular weight is 243 g/mol. The highest BCUT2D eigenvalue weighted by atomic mass is 35.5. The molecule has 0 amide bonds. The Bertz CT molecular complexity index is 340. The first-order valence-corrected chi connectivity index (χ1v) is 6.57. The number of carbonyl (C=O) groups is 1. The van der Waals surface area contributed by atoms with Crippen molar-refractivity contribution in [3.8, 4) is 0 Å². The van der Waals surface area contributed by atoms with Crippen LogP contribution in [-0.2, 0) is 11.2 Å². The van der Waals surface area contributed by atoms with Crippen molar-refractivity contribution < 1.29 is 4.79 Å². The van der Waals surface area contributed by atoms with Crippen LogP contribution in [-0.4, -0.2) is 12.0 Å². The lowest BCUT2D eigenvalue weighted by Gasteiger charge is -2.10. The molecule has 3 heteroatoms. The molecule has 0 heterocycles. The van der Waals surface area contributed by atoms with Crippen molar-refractivity contribution in [3.05, 3.63) is 29.3 Å². The second-order valence-electron chi connectivity index (χ2n) is 3.44. The van der Waals surface area contributed by atoms with Crippen molar-refractivity contribution in [2.75, 3.05) is 6.26 Å². The van der Waals surface area contributed by atoms with E-state index < -0.39 is 5.38 Å². The van der Waals surface area contributed by atoms with Crippen LogP contribution < -0.4 is 0 Å². The molecule has 1 aromatic rings. The summed E-state index contributed by atoms with van der Waals surface area (Å²) in [6, 6.07) is 6.14. The monoisotopic (exact) mass is 242 g/mol. The predicted molar refractivity (Wildman–Crippen MR) is 66.9 cm³/mol. The van der Waals surface area contributed by atoms with Crippen LogP contribution in [0.25, 0.3) is 0 Å². The van der Waals surface area contributed by atoms with Gasteiger partial charge in [0.2, 0.25) is 0 Å². The Labute approximate surface area is 100 Å². The molecule has 0 saturated heterocycles. The Morgan fingerprint density at radius 3 is 2.60 bits per heavy atom.